The average molecular weight is 253 g/mol. The molecule has 1 aliphatic rings. The Bertz CT molecular complexity index is 412. The Hall–Kier alpha value is -1.43. The van der Waals surface area contributed by atoms with E-state index in [2.05, 4.69) is 10.1 Å². The van der Waals surface area contributed by atoms with E-state index in [4.69, 9.17) is 9.63 Å². The van der Waals surface area contributed by atoms with E-state index in [1.165, 1.54) is 12.8 Å². The second-order valence-electron chi connectivity index (χ2n) is 5.21. The zero-order valence-electron chi connectivity index (χ0n) is 10.8. The molecule has 1 fully saturated rings. The first-order valence-corrected chi connectivity index (χ1v) is 6.31. The number of rotatable bonds is 7. The second kappa shape index (κ2) is 5.48. The summed E-state index contributed by atoms with van der Waals surface area (Å²) in [5.74, 6) is 1.19. The number of hydrogen-bond acceptors (Lipinski definition) is 5. The predicted molar refractivity (Wildman–Crippen MR) is 64.0 cm³/mol. The Kier molecular flexibility index (Phi) is 3.96. The third-order valence-electron chi connectivity index (χ3n) is 2.91. The zero-order chi connectivity index (χ0) is 13.1. The van der Waals surface area contributed by atoms with Crippen molar-refractivity contribution in [2.75, 3.05) is 13.1 Å². The molecule has 0 amide bonds. The van der Waals surface area contributed by atoms with Crippen LogP contribution in [0.5, 0.6) is 0 Å². The van der Waals surface area contributed by atoms with Gasteiger partial charge in [0.2, 0.25) is 5.89 Å². The van der Waals surface area contributed by atoms with Gasteiger partial charge in [0.05, 0.1) is 13.1 Å². The minimum Gasteiger partial charge on any atom is -0.480 e. The van der Waals surface area contributed by atoms with Crippen molar-refractivity contribution in [1.82, 2.24) is 15.0 Å². The fourth-order valence-electron chi connectivity index (χ4n) is 1.81. The van der Waals surface area contributed by atoms with Gasteiger partial charge in [-0.1, -0.05) is 19.0 Å². The number of carbonyl (C=O) groups is 1. The van der Waals surface area contributed by atoms with Gasteiger partial charge in [-0.25, -0.2) is 0 Å². The van der Waals surface area contributed by atoms with E-state index in [-0.39, 0.29) is 12.5 Å². The summed E-state index contributed by atoms with van der Waals surface area (Å²) in [6, 6.07) is 0. The molecule has 0 atom stereocenters. The molecule has 1 aromatic heterocycles. The quantitative estimate of drug-likeness (QED) is 0.793. The maximum atomic E-state index is 10.8. The Morgan fingerprint density at radius 3 is 2.78 bits per heavy atom. The largest absolute Gasteiger partial charge is 0.480 e. The molecule has 1 heterocycles. The van der Waals surface area contributed by atoms with E-state index in [1.54, 1.807) is 0 Å². The molecular formula is C12H19N3O3. The van der Waals surface area contributed by atoms with Crippen molar-refractivity contribution in [1.29, 1.82) is 0 Å². The number of carboxylic acids is 1. The minimum absolute atomic E-state index is 0.0298. The van der Waals surface area contributed by atoms with Crippen LogP contribution in [0.2, 0.25) is 0 Å². The van der Waals surface area contributed by atoms with Gasteiger partial charge in [0.25, 0.3) is 0 Å². The maximum Gasteiger partial charge on any atom is 0.317 e. The molecule has 2 rings (SSSR count). The summed E-state index contributed by atoms with van der Waals surface area (Å²) < 4.78 is 5.12. The summed E-state index contributed by atoms with van der Waals surface area (Å²) in [6.45, 7) is 5.24. The highest BCUT2D eigenvalue weighted by atomic mass is 16.5. The van der Waals surface area contributed by atoms with Crippen molar-refractivity contribution in [3.63, 3.8) is 0 Å². The molecule has 1 N–H and O–H groups in total. The molecule has 0 aliphatic heterocycles. The van der Waals surface area contributed by atoms with Gasteiger partial charge in [-0.15, -0.1) is 0 Å². The first-order chi connectivity index (χ1) is 8.54. The highest BCUT2D eigenvalue weighted by Gasteiger charge is 2.26. The lowest BCUT2D eigenvalue weighted by atomic mass is 10.2. The SMILES string of the molecule is CC(C)c1nc(CN(CC(=O)O)CC2CC2)no1. The second-order valence-corrected chi connectivity index (χ2v) is 5.21. The van der Waals surface area contributed by atoms with Gasteiger partial charge in [0.1, 0.15) is 0 Å². The topological polar surface area (TPSA) is 79.5 Å². The Morgan fingerprint density at radius 2 is 2.28 bits per heavy atom. The van der Waals surface area contributed by atoms with Crippen LogP contribution in [-0.4, -0.2) is 39.2 Å². The molecule has 0 bridgehead atoms. The van der Waals surface area contributed by atoms with Crippen LogP contribution in [0, 0.1) is 5.92 Å². The molecule has 18 heavy (non-hydrogen) atoms. The summed E-state index contributed by atoms with van der Waals surface area (Å²) in [7, 11) is 0. The zero-order valence-corrected chi connectivity index (χ0v) is 10.8. The van der Waals surface area contributed by atoms with Crippen molar-refractivity contribution in [3.8, 4) is 0 Å². The van der Waals surface area contributed by atoms with Crippen molar-refractivity contribution >= 4 is 5.97 Å². The first kappa shape index (κ1) is 13.0. The summed E-state index contributed by atoms with van der Waals surface area (Å²) in [5, 5.41) is 12.8. The normalized spacial score (nSPS) is 15.6. The van der Waals surface area contributed by atoms with Gasteiger partial charge in [-0.05, 0) is 18.8 Å². The first-order valence-electron chi connectivity index (χ1n) is 6.31. The van der Waals surface area contributed by atoms with Crippen LogP contribution in [0.25, 0.3) is 0 Å². The van der Waals surface area contributed by atoms with Gasteiger partial charge < -0.3 is 9.63 Å². The van der Waals surface area contributed by atoms with Gasteiger partial charge >= 0.3 is 5.97 Å². The fourth-order valence-corrected chi connectivity index (χ4v) is 1.81. The summed E-state index contributed by atoms with van der Waals surface area (Å²) in [6.07, 6.45) is 2.39. The van der Waals surface area contributed by atoms with Crippen molar-refractivity contribution in [2.24, 2.45) is 5.92 Å². The van der Waals surface area contributed by atoms with Crippen molar-refractivity contribution in [2.45, 2.75) is 39.2 Å². The predicted octanol–water partition coefficient (Wildman–Crippen LogP) is 1.49. The summed E-state index contributed by atoms with van der Waals surface area (Å²) in [4.78, 5) is 17.0. The minimum atomic E-state index is -0.816. The third-order valence-corrected chi connectivity index (χ3v) is 2.91. The van der Waals surface area contributed by atoms with Crippen LogP contribution in [0.3, 0.4) is 0 Å². The highest BCUT2D eigenvalue weighted by Crippen LogP contribution is 2.30. The number of carboxylic acid groups (broad SMARTS) is 1. The molecule has 0 radical (unpaired) electrons. The lowest BCUT2D eigenvalue weighted by Crippen LogP contribution is -2.31. The van der Waals surface area contributed by atoms with Crippen LogP contribution < -0.4 is 0 Å². The van der Waals surface area contributed by atoms with E-state index < -0.39 is 5.97 Å². The summed E-state index contributed by atoms with van der Waals surface area (Å²) in [5.41, 5.74) is 0. The van der Waals surface area contributed by atoms with E-state index in [0.29, 0.717) is 24.2 Å². The van der Waals surface area contributed by atoms with Crippen LogP contribution in [0.1, 0.15) is 44.3 Å². The molecule has 1 saturated carbocycles. The number of hydrogen-bond donors (Lipinski definition) is 1. The molecule has 1 aromatic rings. The average Bonchev–Trinajstić information content (AvgIpc) is 2.93. The number of nitrogens with zero attached hydrogens (tertiary/aromatic N) is 3. The molecule has 0 aromatic carbocycles. The third kappa shape index (κ3) is 3.80. The Labute approximate surface area is 106 Å². The van der Waals surface area contributed by atoms with E-state index in [9.17, 15) is 4.79 Å². The molecule has 0 unspecified atom stereocenters. The van der Waals surface area contributed by atoms with Crippen LogP contribution in [0.15, 0.2) is 4.52 Å². The standard InChI is InChI=1S/C12H19N3O3/c1-8(2)12-13-10(14-18-12)6-15(7-11(16)17)5-9-3-4-9/h8-9H,3-7H2,1-2H3,(H,16,17). The highest BCUT2D eigenvalue weighted by molar-refractivity contribution is 5.69. The number of aliphatic carboxylic acids is 1. The lowest BCUT2D eigenvalue weighted by molar-refractivity contribution is -0.138. The van der Waals surface area contributed by atoms with Gasteiger partial charge in [0.15, 0.2) is 5.82 Å². The Morgan fingerprint density at radius 1 is 1.56 bits per heavy atom. The molecule has 6 nitrogen and oxygen atoms in total. The van der Waals surface area contributed by atoms with Crippen molar-refractivity contribution in [3.05, 3.63) is 11.7 Å². The fraction of sp³-hybridized carbons (Fsp3) is 0.750. The monoisotopic (exact) mass is 253 g/mol. The molecule has 6 heteroatoms. The Balaban J connectivity index is 1.94. The maximum absolute atomic E-state index is 10.8. The molecule has 0 saturated heterocycles. The van der Waals surface area contributed by atoms with Crippen LogP contribution in [0.4, 0.5) is 0 Å². The molecule has 100 valence electrons. The molecule has 0 spiro atoms. The van der Waals surface area contributed by atoms with Crippen LogP contribution >= 0.6 is 0 Å². The van der Waals surface area contributed by atoms with E-state index in [1.807, 2.05) is 18.7 Å². The van der Waals surface area contributed by atoms with Crippen LogP contribution in [-0.2, 0) is 11.3 Å². The summed E-state index contributed by atoms with van der Waals surface area (Å²) >= 11 is 0. The number of aromatic nitrogens is 2. The molecular weight excluding hydrogens is 234 g/mol. The van der Waals surface area contributed by atoms with Crippen molar-refractivity contribution < 1.29 is 14.4 Å². The van der Waals surface area contributed by atoms with E-state index >= 15 is 0 Å². The van der Waals surface area contributed by atoms with Gasteiger partial charge in [-0.2, -0.15) is 4.98 Å². The van der Waals surface area contributed by atoms with Gasteiger partial charge in [0, 0.05) is 12.5 Å². The molecule has 1 aliphatic carbocycles. The van der Waals surface area contributed by atoms with E-state index in [0.717, 1.165) is 6.54 Å². The van der Waals surface area contributed by atoms with Gasteiger partial charge in [-0.3, -0.25) is 9.69 Å². The smallest absolute Gasteiger partial charge is 0.317 e. The lowest BCUT2D eigenvalue weighted by Gasteiger charge is -2.17.